The Morgan fingerprint density at radius 2 is 1.88 bits per heavy atom. The van der Waals surface area contributed by atoms with Crippen molar-refractivity contribution in [2.45, 2.75) is 38.5 Å². The molecular formula is C18H26IN5O. The van der Waals surface area contributed by atoms with Gasteiger partial charge in [-0.1, -0.05) is 55.3 Å². The van der Waals surface area contributed by atoms with Crippen LogP contribution in [0.15, 0.2) is 39.8 Å². The van der Waals surface area contributed by atoms with E-state index in [2.05, 4.69) is 20.0 Å². The summed E-state index contributed by atoms with van der Waals surface area (Å²) in [5.41, 5.74) is 7.10. The minimum Gasteiger partial charge on any atom is -0.370 e. The van der Waals surface area contributed by atoms with Crippen molar-refractivity contribution < 1.29 is 4.52 Å². The van der Waals surface area contributed by atoms with Gasteiger partial charge in [0.1, 0.15) is 0 Å². The van der Waals surface area contributed by atoms with Crippen LogP contribution in [-0.4, -0.2) is 40.6 Å². The quantitative estimate of drug-likeness (QED) is 0.433. The molecule has 1 atom stereocenters. The zero-order valence-corrected chi connectivity index (χ0v) is 16.9. The van der Waals surface area contributed by atoms with Crippen LogP contribution in [0.25, 0.3) is 11.4 Å². The predicted octanol–water partition coefficient (Wildman–Crippen LogP) is 3.65. The van der Waals surface area contributed by atoms with E-state index >= 15 is 0 Å². The van der Waals surface area contributed by atoms with E-state index in [4.69, 9.17) is 10.3 Å². The molecule has 0 spiro atoms. The van der Waals surface area contributed by atoms with Crippen LogP contribution in [0.2, 0.25) is 0 Å². The Morgan fingerprint density at radius 1 is 1.20 bits per heavy atom. The van der Waals surface area contributed by atoms with Gasteiger partial charge in [-0.3, -0.25) is 4.99 Å². The highest BCUT2D eigenvalue weighted by atomic mass is 127. The third kappa shape index (κ3) is 5.42. The number of halogens is 1. The van der Waals surface area contributed by atoms with Gasteiger partial charge in [0.15, 0.2) is 5.96 Å². The molecule has 1 aromatic heterocycles. The summed E-state index contributed by atoms with van der Waals surface area (Å²) >= 11 is 0. The standard InChI is InChI=1S/C18H25N5O.HI/c1-14(13-20-18(19)23-11-7-2-3-8-12-23)17-21-16(22-24-17)15-9-5-4-6-10-15;/h4-6,9-10,14H,2-3,7-8,11-13H2,1H3,(H2,19,20);1H. The third-order valence-electron chi connectivity index (χ3n) is 4.35. The minimum absolute atomic E-state index is 0. The number of nitrogens with zero attached hydrogens (tertiary/aromatic N) is 4. The smallest absolute Gasteiger partial charge is 0.231 e. The molecule has 0 aliphatic carbocycles. The van der Waals surface area contributed by atoms with Crippen molar-refractivity contribution in [3.63, 3.8) is 0 Å². The van der Waals surface area contributed by atoms with Crippen molar-refractivity contribution in [2.24, 2.45) is 10.7 Å². The van der Waals surface area contributed by atoms with E-state index < -0.39 is 0 Å². The van der Waals surface area contributed by atoms with Gasteiger partial charge in [-0.15, -0.1) is 24.0 Å². The van der Waals surface area contributed by atoms with Gasteiger partial charge in [0.05, 0.1) is 12.5 Å². The Morgan fingerprint density at radius 3 is 2.56 bits per heavy atom. The second kappa shape index (κ2) is 9.74. The summed E-state index contributed by atoms with van der Waals surface area (Å²) in [5, 5.41) is 4.06. The lowest BCUT2D eigenvalue weighted by molar-refractivity contribution is 0.360. The van der Waals surface area contributed by atoms with E-state index in [1.54, 1.807) is 0 Å². The fourth-order valence-corrected chi connectivity index (χ4v) is 2.85. The molecule has 3 rings (SSSR count). The predicted molar refractivity (Wildman–Crippen MR) is 110 cm³/mol. The zero-order valence-electron chi connectivity index (χ0n) is 14.6. The first kappa shape index (κ1) is 19.7. The van der Waals surface area contributed by atoms with Gasteiger partial charge in [0, 0.05) is 18.7 Å². The van der Waals surface area contributed by atoms with E-state index in [9.17, 15) is 0 Å². The fourth-order valence-electron chi connectivity index (χ4n) is 2.85. The molecule has 1 unspecified atom stereocenters. The SMILES string of the molecule is CC(CN=C(N)N1CCCCCC1)c1nc(-c2ccccc2)no1.I. The molecule has 1 fully saturated rings. The van der Waals surface area contributed by atoms with Gasteiger partial charge in [0.25, 0.3) is 0 Å². The molecule has 1 saturated heterocycles. The number of likely N-dealkylation sites (tertiary alicyclic amines) is 1. The maximum atomic E-state index is 6.15. The van der Waals surface area contributed by atoms with E-state index in [1.807, 2.05) is 37.3 Å². The Balaban J connectivity index is 0.00000225. The average Bonchev–Trinajstić information content (AvgIpc) is 2.96. The molecule has 2 N–H and O–H groups in total. The Hall–Kier alpha value is -1.64. The molecule has 0 bridgehead atoms. The van der Waals surface area contributed by atoms with Crippen molar-refractivity contribution in [3.05, 3.63) is 36.2 Å². The van der Waals surface area contributed by atoms with Crippen molar-refractivity contribution in [1.29, 1.82) is 0 Å². The molecule has 25 heavy (non-hydrogen) atoms. The van der Waals surface area contributed by atoms with Crippen LogP contribution in [0, 0.1) is 0 Å². The summed E-state index contributed by atoms with van der Waals surface area (Å²) < 4.78 is 5.39. The minimum atomic E-state index is 0. The third-order valence-corrected chi connectivity index (χ3v) is 4.35. The number of guanidine groups is 1. The summed E-state index contributed by atoms with van der Waals surface area (Å²) in [6, 6.07) is 9.82. The van der Waals surface area contributed by atoms with Crippen molar-refractivity contribution >= 4 is 29.9 Å². The number of rotatable bonds is 4. The van der Waals surface area contributed by atoms with Crippen molar-refractivity contribution in [2.75, 3.05) is 19.6 Å². The Labute approximate surface area is 165 Å². The molecule has 6 nitrogen and oxygen atoms in total. The van der Waals surface area contributed by atoms with E-state index in [0.717, 1.165) is 18.7 Å². The van der Waals surface area contributed by atoms with Gasteiger partial charge in [-0.05, 0) is 12.8 Å². The zero-order chi connectivity index (χ0) is 16.8. The van der Waals surface area contributed by atoms with Gasteiger partial charge in [0.2, 0.25) is 11.7 Å². The first-order valence-corrected chi connectivity index (χ1v) is 8.68. The fraction of sp³-hybridized carbons (Fsp3) is 0.500. The lowest BCUT2D eigenvalue weighted by Gasteiger charge is -2.21. The summed E-state index contributed by atoms with van der Waals surface area (Å²) in [6.07, 6.45) is 4.95. The monoisotopic (exact) mass is 455 g/mol. The topological polar surface area (TPSA) is 80.5 Å². The Bertz CT molecular complexity index is 665. The van der Waals surface area contributed by atoms with Crippen LogP contribution in [0.3, 0.4) is 0 Å². The lowest BCUT2D eigenvalue weighted by Crippen LogP contribution is -2.38. The lowest BCUT2D eigenvalue weighted by atomic mass is 10.2. The molecule has 0 saturated carbocycles. The highest BCUT2D eigenvalue weighted by Crippen LogP contribution is 2.19. The number of aromatic nitrogens is 2. The molecule has 1 aliphatic heterocycles. The van der Waals surface area contributed by atoms with Crippen LogP contribution >= 0.6 is 24.0 Å². The number of hydrogen-bond donors (Lipinski definition) is 1. The molecule has 7 heteroatoms. The number of benzene rings is 1. The van der Waals surface area contributed by atoms with E-state index in [-0.39, 0.29) is 29.9 Å². The first-order valence-electron chi connectivity index (χ1n) is 8.68. The van der Waals surface area contributed by atoms with Crippen molar-refractivity contribution in [1.82, 2.24) is 15.0 Å². The van der Waals surface area contributed by atoms with Gasteiger partial charge in [-0.25, -0.2) is 0 Å². The molecule has 0 radical (unpaired) electrons. The average molecular weight is 455 g/mol. The van der Waals surface area contributed by atoms with Gasteiger partial charge < -0.3 is 15.2 Å². The molecular weight excluding hydrogens is 429 g/mol. The maximum Gasteiger partial charge on any atom is 0.231 e. The van der Waals surface area contributed by atoms with Crippen LogP contribution in [0.5, 0.6) is 0 Å². The summed E-state index contributed by atoms with van der Waals surface area (Å²) in [5.74, 6) is 1.88. The van der Waals surface area contributed by atoms with Gasteiger partial charge in [-0.2, -0.15) is 4.98 Å². The molecule has 2 heterocycles. The molecule has 2 aromatic rings. The summed E-state index contributed by atoms with van der Waals surface area (Å²) in [6.45, 7) is 4.59. The largest absolute Gasteiger partial charge is 0.370 e. The van der Waals surface area contributed by atoms with Crippen LogP contribution in [0.1, 0.15) is 44.4 Å². The number of hydrogen-bond acceptors (Lipinski definition) is 4. The highest BCUT2D eigenvalue weighted by molar-refractivity contribution is 14.0. The van der Waals surface area contributed by atoms with Crippen molar-refractivity contribution in [3.8, 4) is 11.4 Å². The first-order chi connectivity index (χ1) is 11.7. The molecule has 1 aromatic carbocycles. The van der Waals surface area contributed by atoms with E-state index in [0.29, 0.717) is 24.2 Å². The second-order valence-electron chi connectivity index (χ2n) is 6.32. The van der Waals surface area contributed by atoms with Crippen LogP contribution in [-0.2, 0) is 0 Å². The normalized spacial score (nSPS) is 16.8. The van der Waals surface area contributed by atoms with Crippen LogP contribution < -0.4 is 5.73 Å². The second-order valence-corrected chi connectivity index (χ2v) is 6.32. The molecule has 0 amide bonds. The number of aliphatic imine (C=N–C) groups is 1. The Kier molecular flexibility index (Phi) is 7.67. The maximum absolute atomic E-state index is 6.15. The highest BCUT2D eigenvalue weighted by Gasteiger charge is 2.16. The summed E-state index contributed by atoms with van der Waals surface area (Å²) in [7, 11) is 0. The van der Waals surface area contributed by atoms with Crippen LogP contribution in [0.4, 0.5) is 0 Å². The molecule has 136 valence electrons. The summed E-state index contributed by atoms with van der Waals surface area (Å²) in [4.78, 5) is 11.2. The van der Waals surface area contributed by atoms with Gasteiger partial charge >= 0.3 is 0 Å². The van der Waals surface area contributed by atoms with E-state index in [1.165, 1.54) is 25.7 Å². The number of nitrogens with two attached hydrogens (primary N) is 1. The molecule has 1 aliphatic rings.